The van der Waals surface area contributed by atoms with Crippen molar-refractivity contribution < 1.29 is 16.3 Å². The van der Waals surface area contributed by atoms with Gasteiger partial charge in [-0.1, -0.05) is 30.3 Å². The molecule has 0 radical (unpaired) electrons. The van der Waals surface area contributed by atoms with Crippen molar-refractivity contribution in [2.24, 2.45) is 0 Å². The summed E-state index contributed by atoms with van der Waals surface area (Å²) < 4.78 is 0. The highest BCUT2D eigenvalue weighted by atomic mass is 17.3. The number of benzene rings is 1. The molecule has 1 fully saturated rings. The third-order valence-electron chi connectivity index (χ3n) is 1.68. The van der Waals surface area contributed by atoms with Gasteiger partial charge in [0.2, 0.25) is 0 Å². The Balaban J connectivity index is 0.000000720. The Bertz CT molecular complexity index is 246. The highest BCUT2D eigenvalue weighted by Gasteiger charge is 2.40. The quantitative estimate of drug-likeness (QED) is 0.614. The molecule has 1 unspecified atom stereocenters. The topological polar surface area (TPSA) is 38.7 Å². The van der Waals surface area contributed by atoms with Crippen molar-refractivity contribution in [3.05, 3.63) is 35.9 Å². The molecule has 1 aromatic carbocycles. The molecule has 0 aromatic heterocycles. The van der Waals surface area contributed by atoms with Crippen LogP contribution in [-0.4, -0.2) is 11.7 Å². The van der Waals surface area contributed by atoms with E-state index < -0.39 is 5.79 Å². The summed E-state index contributed by atoms with van der Waals surface area (Å²) in [5.74, 6) is -1.21. The molecule has 0 amide bonds. The fraction of sp³-hybridized carbons (Fsp3) is 0.250. The van der Waals surface area contributed by atoms with E-state index >= 15 is 0 Å². The second-order valence-corrected chi connectivity index (χ2v) is 2.50. The number of aliphatic hydroxyl groups is 1. The van der Waals surface area contributed by atoms with Crippen LogP contribution >= 0.6 is 0 Å². The molecule has 1 N–H and O–H groups in total. The zero-order chi connectivity index (χ0) is 7.73. The van der Waals surface area contributed by atoms with Gasteiger partial charge in [0.25, 0.3) is 5.79 Å². The first-order valence-corrected chi connectivity index (χ1v) is 3.40. The average molecular weight is 154 g/mol. The van der Waals surface area contributed by atoms with Crippen LogP contribution in [-0.2, 0) is 15.6 Å². The van der Waals surface area contributed by atoms with E-state index in [1.165, 1.54) is 0 Å². The molecule has 1 saturated heterocycles. The van der Waals surface area contributed by atoms with Gasteiger partial charge in [-0.3, -0.25) is 0 Å². The van der Waals surface area contributed by atoms with Crippen molar-refractivity contribution in [2.75, 3.05) is 6.61 Å². The van der Waals surface area contributed by atoms with E-state index in [4.69, 9.17) is 0 Å². The summed E-state index contributed by atoms with van der Waals surface area (Å²) in [7, 11) is 0. The van der Waals surface area contributed by atoms with Gasteiger partial charge in [0.15, 0.2) is 0 Å². The molecule has 0 spiro atoms. The standard InChI is InChI=1S/C8H8O3.H2/c9-8(6-10-11-8)7-4-2-1-3-5-7;/h1-5,9H,6H2;1H. The van der Waals surface area contributed by atoms with Crippen LogP contribution in [0.15, 0.2) is 30.3 Å². The summed E-state index contributed by atoms with van der Waals surface area (Å²) in [5, 5.41) is 9.53. The lowest BCUT2D eigenvalue weighted by molar-refractivity contribution is -0.540. The van der Waals surface area contributed by atoms with E-state index in [1.807, 2.05) is 18.2 Å². The number of rotatable bonds is 1. The molecule has 1 aliphatic heterocycles. The maximum atomic E-state index is 9.53. The van der Waals surface area contributed by atoms with E-state index in [-0.39, 0.29) is 8.03 Å². The highest BCUT2D eigenvalue weighted by Crippen LogP contribution is 2.30. The molecule has 3 nitrogen and oxygen atoms in total. The van der Waals surface area contributed by atoms with E-state index in [0.717, 1.165) is 5.56 Å². The van der Waals surface area contributed by atoms with E-state index in [2.05, 4.69) is 9.78 Å². The van der Waals surface area contributed by atoms with Crippen LogP contribution in [0.25, 0.3) is 0 Å². The van der Waals surface area contributed by atoms with Crippen LogP contribution in [0.4, 0.5) is 0 Å². The Kier molecular flexibility index (Phi) is 1.42. The van der Waals surface area contributed by atoms with Gasteiger partial charge in [-0.15, -0.1) is 0 Å². The number of hydrogen-bond donors (Lipinski definition) is 1. The number of hydrogen-bond acceptors (Lipinski definition) is 3. The Labute approximate surface area is 65.6 Å². The van der Waals surface area contributed by atoms with Gasteiger partial charge in [-0.05, 0) is 0 Å². The largest absolute Gasteiger partial charge is 0.358 e. The summed E-state index contributed by atoms with van der Waals surface area (Å²) in [4.78, 5) is 9.00. The first-order chi connectivity index (χ1) is 5.31. The molecular formula is C8H10O3. The van der Waals surface area contributed by atoms with Crippen molar-refractivity contribution in [1.29, 1.82) is 0 Å². The molecule has 1 aromatic rings. The van der Waals surface area contributed by atoms with Gasteiger partial charge in [0.05, 0.1) is 0 Å². The summed E-state index contributed by atoms with van der Waals surface area (Å²) in [6.07, 6.45) is 0. The third kappa shape index (κ3) is 1.03. The lowest BCUT2D eigenvalue weighted by Crippen LogP contribution is -2.44. The maximum absolute atomic E-state index is 9.53. The van der Waals surface area contributed by atoms with E-state index in [9.17, 15) is 5.11 Å². The zero-order valence-corrected chi connectivity index (χ0v) is 5.86. The van der Waals surface area contributed by atoms with Crippen LogP contribution in [0.1, 0.15) is 6.99 Å². The van der Waals surface area contributed by atoms with Crippen LogP contribution in [0.5, 0.6) is 0 Å². The van der Waals surface area contributed by atoms with Crippen LogP contribution in [0, 0.1) is 0 Å². The van der Waals surface area contributed by atoms with Gasteiger partial charge < -0.3 is 5.11 Å². The summed E-state index contributed by atoms with van der Waals surface area (Å²) in [6, 6.07) is 9.15. The lowest BCUT2D eigenvalue weighted by atomic mass is 10.1. The van der Waals surface area contributed by atoms with E-state index in [1.54, 1.807) is 12.1 Å². The molecule has 1 aliphatic rings. The van der Waals surface area contributed by atoms with E-state index in [0.29, 0.717) is 0 Å². The van der Waals surface area contributed by atoms with Crippen LogP contribution < -0.4 is 0 Å². The van der Waals surface area contributed by atoms with Crippen molar-refractivity contribution in [3.63, 3.8) is 0 Å². The molecule has 1 heterocycles. The van der Waals surface area contributed by atoms with Crippen LogP contribution in [0.2, 0.25) is 0 Å². The zero-order valence-electron chi connectivity index (χ0n) is 5.86. The fourth-order valence-corrected chi connectivity index (χ4v) is 1.00. The summed E-state index contributed by atoms with van der Waals surface area (Å²) in [6.45, 7) is 0.205. The van der Waals surface area contributed by atoms with Gasteiger partial charge in [0, 0.05) is 6.99 Å². The third-order valence-corrected chi connectivity index (χ3v) is 1.68. The lowest BCUT2D eigenvalue weighted by Gasteiger charge is -2.34. The second-order valence-electron chi connectivity index (χ2n) is 2.50. The first kappa shape index (κ1) is 6.79. The summed E-state index contributed by atoms with van der Waals surface area (Å²) >= 11 is 0. The van der Waals surface area contributed by atoms with Gasteiger partial charge in [-0.2, -0.15) is 4.89 Å². The molecule has 0 saturated carbocycles. The monoisotopic (exact) mass is 154 g/mol. The second kappa shape index (κ2) is 2.30. The fourth-order valence-electron chi connectivity index (χ4n) is 1.00. The minimum Gasteiger partial charge on any atom is -0.358 e. The average Bonchev–Trinajstić information content (AvgIpc) is 2.02. The molecule has 0 bridgehead atoms. The highest BCUT2D eigenvalue weighted by molar-refractivity contribution is 5.20. The molecule has 11 heavy (non-hydrogen) atoms. The Morgan fingerprint density at radius 3 is 2.45 bits per heavy atom. The Morgan fingerprint density at radius 1 is 1.36 bits per heavy atom. The maximum Gasteiger partial charge on any atom is 0.252 e. The first-order valence-electron chi connectivity index (χ1n) is 3.40. The predicted octanol–water partition coefficient (Wildman–Crippen LogP) is 1.04. The Morgan fingerprint density at radius 2 is 2.00 bits per heavy atom. The van der Waals surface area contributed by atoms with Crippen molar-refractivity contribution >= 4 is 0 Å². The predicted molar refractivity (Wildman–Crippen MR) is 39.5 cm³/mol. The van der Waals surface area contributed by atoms with Gasteiger partial charge in [-0.25, -0.2) is 4.89 Å². The normalized spacial score (nSPS) is 29.5. The molecular weight excluding hydrogens is 144 g/mol. The van der Waals surface area contributed by atoms with Crippen molar-refractivity contribution in [3.8, 4) is 0 Å². The molecule has 2 rings (SSSR count). The molecule has 60 valence electrons. The van der Waals surface area contributed by atoms with Gasteiger partial charge >= 0.3 is 0 Å². The minimum absolute atomic E-state index is 0. The van der Waals surface area contributed by atoms with Gasteiger partial charge in [0.1, 0.15) is 6.61 Å². The van der Waals surface area contributed by atoms with Crippen LogP contribution in [0.3, 0.4) is 0 Å². The molecule has 1 atom stereocenters. The van der Waals surface area contributed by atoms with Crippen molar-refractivity contribution in [2.45, 2.75) is 5.79 Å². The van der Waals surface area contributed by atoms with Crippen molar-refractivity contribution in [1.82, 2.24) is 0 Å². The smallest absolute Gasteiger partial charge is 0.252 e. The summed E-state index contributed by atoms with van der Waals surface area (Å²) in [5.41, 5.74) is 0.728. The minimum atomic E-state index is -1.21. The Hall–Kier alpha value is -0.900. The molecule has 0 aliphatic carbocycles. The SMILES string of the molecule is OC1(c2ccccc2)COO1.[HH]. The molecule has 3 heteroatoms.